The van der Waals surface area contributed by atoms with E-state index in [1.54, 1.807) is 30.3 Å². The molecule has 0 bridgehead atoms. The fraction of sp³-hybridized carbons (Fsp3) is 0.318. The molecule has 2 N–H and O–H groups in total. The smallest absolute Gasteiger partial charge is 0.329 e. The first-order chi connectivity index (χ1) is 14.3. The third-order valence-corrected chi connectivity index (χ3v) is 4.55. The number of hydrogen-bond acceptors (Lipinski definition) is 6. The molecule has 0 saturated heterocycles. The van der Waals surface area contributed by atoms with E-state index in [-0.39, 0.29) is 19.2 Å². The van der Waals surface area contributed by atoms with E-state index in [9.17, 15) is 14.4 Å². The molecule has 158 valence electrons. The Kier molecular flexibility index (Phi) is 6.56. The second-order valence-corrected chi connectivity index (χ2v) is 7.05. The van der Waals surface area contributed by atoms with Crippen molar-refractivity contribution < 1.29 is 28.6 Å². The van der Waals surface area contributed by atoms with E-state index in [0.29, 0.717) is 17.1 Å². The maximum absolute atomic E-state index is 12.3. The van der Waals surface area contributed by atoms with Crippen LogP contribution in [0.4, 0.5) is 0 Å². The molecule has 0 saturated carbocycles. The Morgan fingerprint density at radius 1 is 1.07 bits per heavy atom. The summed E-state index contributed by atoms with van der Waals surface area (Å²) in [7, 11) is 0. The van der Waals surface area contributed by atoms with E-state index in [1.807, 2.05) is 19.1 Å². The molecule has 2 aromatic carbocycles. The van der Waals surface area contributed by atoms with Gasteiger partial charge in [0, 0.05) is 12.1 Å². The minimum atomic E-state index is -1.01. The molecule has 8 nitrogen and oxygen atoms in total. The lowest BCUT2D eigenvalue weighted by molar-refractivity contribution is -0.156. The summed E-state index contributed by atoms with van der Waals surface area (Å²) in [5.41, 5.74) is 2.21. The summed E-state index contributed by atoms with van der Waals surface area (Å²) in [6, 6.07) is 11.5. The Hall–Kier alpha value is -3.55. The summed E-state index contributed by atoms with van der Waals surface area (Å²) in [4.78, 5) is 36.8. The zero-order valence-corrected chi connectivity index (χ0v) is 17.1. The Labute approximate surface area is 174 Å². The highest BCUT2D eigenvalue weighted by Gasteiger charge is 2.23. The van der Waals surface area contributed by atoms with Crippen LogP contribution in [0.1, 0.15) is 35.3 Å². The second kappa shape index (κ2) is 9.30. The van der Waals surface area contributed by atoms with Gasteiger partial charge in [-0.1, -0.05) is 23.8 Å². The lowest BCUT2D eigenvalue weighted by atomic mass is 10.1. The van der Waals surface area contributed by atoms with Crippen molar-refractivity contribution >= 4 is 17.8 Å². The summed E-state index contributed by atoms with van der Waals surface area (Å²) in [5, 5.41) is 5.29. The van der Waals surface area contributed by atoms with Gasteiger partial charge in [-0.25, -0.2) is 4.79 Å². The van der Waals surface area contributed by atoms with Crippen molar-refractivity contribution in [2.45, 2.75) is 39.5 Å². The highest BCUT2D eigenvalue weighted by atomic mass is 16.7. The highest BCUT2D eigenvalue weighted by Crippen LogP contribution is 2.32. The van der Waals surface area contributed by atoms with Crippen LogP contribution >= 0.6 is 0 Å². The normalized spacial score (nSPS) is 13.8. The molecule has 0 aliphatic carbocycles. The van der Waals surface area contributed by atoms with Crippen LogP contribution in [-0.4, -0.2) is 36.7 Å². The number of hydrogen-bond donors (Lipinski definition) is 2. The van der Waals surface area contributed by atoms with Crippen molar-refractivity contribution in [3.8, 4) is 11.5 Å². The summed E-state index contributed by atoms with van der Waals surface area (Å²) >= 11 is 0. The number of carbonyl (C=O) groups excluding carboxylic acids is 3. The highest BCUT2D eigenvalue weighted by molar-refractivity contribution is 5.97. The monoisotopic (exact) mass is 412 g/mol. The lowest BCUT2D eigenvalue weighted by Gasteiger charge is -2.18. The van der Waals surface area contributed by atoms with Gasteiger partial charge in [-0.3, -0.25) is 9.59 Å². The number of carbonyl (C=O) groups is 3. The molecular formula is C22H24N2O6. The van der Waals surface area contributed by atoms with Gasteiger partial charge >= 0.3 is 5.97 Å². The van der Waals surface area contributed by atoms with Gasteiger partial charge in [0.1, 0.15) is 6.04 Å². The van der Waals surface area contributed by atoms with Crippen LogP contribution in [0.5, 0.6) is 11.5 Å². The fourth-order valence-electron chi connectivity index (χ4n) is 2.84. The van der Waals surface area contributed by atoms with Crippen LogP contribution in [0.3, 0.4) is 0 Å². The number of rotatable bonds is 7. The van der Waals surface area contributed by atoms with E-state index < -0.39 is 24.0 Å². The molecule has 8 heteroatoms. The van der Waals surface area contributed by atoms with Crippen molar-refractivity contribution in [1.29, 1.82) is 0 Å². The summed E-state index contributed by atoms with van der Waals surface area (Å²) in [6.07, 6.45) is -1.01. The molecule has 1 aliphatic heterocycles. The molecule has 2 aromatic rings. The topological polar surface area (TPSA) is 103 Å². The van der Waals surface area contributed by atoms with E-state index in [4.69, 9.17) is 14.2 Å². The van der Waals surface area contributed by atoms with Crippen LogP contribution in [0.2, 0.25) is 0 Å². The average molecular weight is 412 g/mol. The molecule has 30 heavy (non-hydrogen) atoms. The molecule has 1 heterocycles. The average Bonchev–Trinajstić information content (AvgIpc) is 3.19. The number of benzene rings is 2. The Balaban J connectivity index is 1.46. The summed E-state index contributed by atoms with van der Waals surface area (Å²) < 4.78 is 15.7. The van der Waals surface area contributed by atoms with Crippen LogP contribution in [-0.2, 0) is 20.9 Å². The predicted octanol–water partition coefficient (Wildman–Crippen LogP) is 2.09. The lowest BCUT2D eigenvalue weighted by Crippen LogP contribution is -2.43. The van der Waals surface area contributed by atoms with Crippen molar-refractivity contribution in [3.63, 3.8) is 0 Å². The van der Waals surface area contributed by atoms with Gasteiger partial charge < -0.3 is 24.8 Å². The molecule has 0 aromatic heterocycles. The van der Waals surface area contributed by atoms with Gasteiger partial charge in [0.2, 0.25) is 6.79 Å². The van der Waals surface area contributed by atoms with Crippen molar-refractivity contribution in [2.75, 3.05) is 6.79 Å². The molecule has 0 radical (unpaired) electrons. The van der Waals surface area contributed by atoms with Crippen molar-refractivity contribution in [1.82, 2.24) is 10.6 Å². The first-order valence-electron chi connectivity index (χ1n) is 9.58. The zero-order chi connectivity index (χ0) is 21.7. The van der Waals surface area contributed by atoms with Crippen LogP contribution < -0.4 is 20.1 Å². The number of fused-ring (bicyclic) bond motifs is 1. The van der Waals surface area contributed by atoms with Crippen LogP contribution in [0.15, 0.2) is 42.5 Å². The number of esters is 1. The van der Waals surface area contributed by atoms with Gasteiger partial charge in [0.15, 0.2) is 17.6 Å². The summed E-state index contributed by atoms with van der Waals surface area (Å²) in [5.74, 6) is -0.239. The maximum atomic E-state index is 12.3. The van der Waals surface area contributed by atoms with E-state index in [2.05, 4.69) is 10.6 Å². The largest absolute Gasteiger partial charge is 0.454 e. The van der Waals surface area contributed by atoms with Crippen molar-refractivity contribution in [3.05, 3.63) is 59.2 Å². The first-order valence-corrected chi connectivity index (χ1v) is 9.58. The molecule has 0 spiro atoms. The minimum Gasteiger partial charge on any atom is -0.454 e. The van der Waals surface area contributed by atoms with Gasteiger partial charge in [0.25, 0.3) is 11.8 Å². The molecule has 0 unspecified atom stereocenters. The predicted molar refractivity (Wildman–Crippen MR) is 108 cm³/mol. The summed E-state index contributed by atoms with van der Waals surface area (Å²) in [6.45, 7) is 5.28. The SMILES string of the molecule is Cc1cccc(C(=O)N[C@@H](C)C(=O)O[C@@H](C)C(=O)NCc2ccc3c(c2)OCO3)c1. The molecule has 2 amide bonds. The molecule has 1 aliphatic rings. The van der Waals surface area contributed by atoms with Gasteiger partial charge in [0.05, 0.1) is 0 Å². The van der Waals surface area contributed by atoms with E-state index in [1.165, 1.54) is 13.8 Å². The Morgan fingerprint density at radius 3 is 2.60 bits per heavy atom. The third kappa shape index (κ3) is 5.28. The molecule has 0 fully saturated rings. The number of aryl methyl sites for hydroxylation is 1. The van der Waals surface area contributed by atoms with E-state index >= 15 is 0 Å². The van der Waals surface area contributed by atoms with Crippen molar-refractivity contribution in [2.24, 2.45) is 0 Å². The quantitative estimate of drug-likeness (QED) is 0.675. The Bertz CT molecular complexity index is 958. The number of amides is 2. The molecule has 3 rings (SSSR count). The number of ether oxygens (including phenoxy) is 3. The second-order valence-electron chi connectivity index (χ2n) is 7.05. The zero-order valence-electron chi connectivity index (χ0n) is 17.1. The van der Waals surface area contributed by atoms with Gasteiger partial charge in [-0.15, -0.1) is 0 Å². The Morgan fingerprint density at radius 2 is 1.83 bits per heavy atom. The first kappa shape index (κ1) is 21.2. The van der Waals surface area contributed by atoms with Crippen LogP contribution in [0, 0.1) is 6.92 Å². The maximum Gasteiger partial charge on any atom is 0.329 e. The van der Waals surface area contributed by atoms with E-state index in [0.717, 1.165) is 11.1 Å². The van der Waals surface area contributed by atoms with Gasteiger partial charge in [-0.05, 0) is 50.6 Å². The molecular weight excluding hydrogens is 388 g/mol. The van der Waals surface area contributed by atoms with Gasteiger partial charge in [-0.2, -0.15) is 0 Å². The van der Waals surface area contributed by atoms with Crippen LogP contribution in [0.25, 0.3) is 0 Å². The molecule has 2 atom stereocenters. The fourth-order valence-corrected chi connectivity index (χ4v) is 2.84. The number of nitrogens with one attached hydrogen (secondary N) is 2. The minimum absolute atomic E-state index is 0.177. The third-order valence-electron chi connectivity index (χ3n) is 4.55. The standard InChI is InChI=1S/C22H24N2O6/c1-13-5-4-6-17(9-13)21(26)24-14(2)22(27)30-15(3)20(25)23-11-16-7-8-18-19(10-16)29-12-28-18/h4-10,14-15H,11-12H2,1-3H3,(H,23,25)(H,24,26)/t14-,15-/m0/s1.